The molecule has 132 valence electrons. The summed E-state index contributed by atoms with van der Waals surface area (Å²) in [5, 5.41) is 2.92. The molecule has 0 spiro atoms. The summed E-state index contributed by atoms with van der Waals surface area (Å²) in [6, 6.07) is 16.9. The fourth-order valence-electron chi connectivity index (χ4n) is 2.94. The average Bonchev–Trinajstić information content (AvgIpc) is 2.59. The molecule has 1 heterocycles. The number of amides is 1. The lowest BCUT2D eigenvalue weighted by Crippen LogP contribution is -2.22. The Kier molecular flexibility index (Phi) is 5.03. The van der Waals surface area contributed by atoms with Gasteiger partial charge in [-0.2, -0.15) is 0 Å². The Morgan fingerprint density at radius 2 is 1.73 bits per heavy atom. The van der Waals surface area contributed by atoms with Gasteiger partial charge in [0.15, 0.2) is 0 Å². The molecule has 1 N–H and O–H groups in total. The molecular formula is C22H22N2O2. The molecule has 3 rings (SSSR count). The van der Waals surface area contributed by atoms with Gasteiger partial charge in [-0.05, 0) is 44.0 Å². The zero-order chi connectivity index (χ0) is 18.7. The van der Waals surface area contributed by atoms with E-state index in [1.165, 1.54) is 6.07 Å². The van der Waals surface area contributed by atoms with Gasteiger partial charge in [0.1, 0.15) is 0 Å². The predicted octanol–water partition coefficient (Wildman–Crippen LogP) is 4.07. The van der Waals surface area contributed by atoms with E-state index >= 15 is 0 Å². The molecule has 0 aliphatic heterocycles. The first-order valence-corrected chi connectivity index (χ1v) is 8.57. The van der Waals surface area contributed by atoms with Crippen molar-refractivity contribution in [3.8, 4) is 0 Å². The second-order valence-electron chi connectivity index (χ2n) is 6.65. The Morgan fingerprint density at radius 1 is 0.962 bits per heavy atom. The van der Waals surface area contributed by atoms with E-state index in [4.69, 9.17) is 0 Å². The number of hydrogen-bond acceptors (Lipinski definition) is 2. The molecule has 0 aliphatic carbocycles. The molecule has 3 aromatic rings. The van der Waals surface area contributed by atoms with Gasteiger partial charge in [-0.25, -0.2) is 0 Å². The fourth-order valence-corrected chi connectivity index (χ4v) is 2.94. The molecule has 26 heavy (non-hydrogen) atoms. The van der Waals surface area contributed by atoms with E-state index in [1.54, 1.807) is 16.8 Å². The van der Waals surface area contributed by atoms with Crippen LogP contribution in [0.4, 0.5) is 5.69 Å². The highest BCUT2D eigenvalue weighted by Crippen LogP contribution is 2.17. The van der Waals surface area contributed by atoms with E-state index in [2.05, 4.69) is 5.32 Å². The second kappa shape index (κ2) is 7.40. The maximum Gasteiger partial charge on any atom is 0.257 e. The van der Waals surface area contributed by atoms with Crippen molar-refractivity contribution in [3.63, 3.8) is 0 Å². The summed E-state index contributed by atoms with van der Waals surface area (Å²) in [5.74, 6) is -0.227. The van der Waals surface area contributed by atoms with E-state index in [0.717, 1.165) is 27.9 Å². The summed E-state index contributed by atoms with van der Waals surface area (Å²) in [4.78, 5) is 24.8. The van der Waals surface area contributed by atoms with Crippen molar-refractivity contribution in [2.24, 2.45) is 0 Å². The molecule has 0 fully saturated rings. The molecule has 0 atom stereocenters. The van der Waals surface area contributed by atoms with Crippen molar-refractivity contribution in [3.05, 3.63) is 99.0 Å². The van der Waals surface area contributed by atoms with Gasteiger partial charge in [0, 0.05) is 18.0 Å². The normalized spacial score (nSPS) is 10.6. The first-order chi connectivity index (χ1) is 12.4. The summed E-state index contributed by atoms with van der Waals surface area (Å²) in [6.07, 6.45) is 1.61. The summed E-state index contributed by atoms with van der Waals surface area (Å²) < 4.78 is 1.56. The van der Waals surface area contributed by atoms with Gasteiger partial charge < -0.3 is 9.88 Å². The summed E-state index contributed by atoms with van der Waals surface area (Å²) in [5.41, 5.74) is 5.42. The molecular weight excluding hydrogens is 324 g/mol. The third kappa shape index (κ3) is 4.09. The number of carbonyl (C=O) groups excluding carboxylic acids is 1. The van der Waals surface area contributed by atoms with Gasteiger partial charge in [0.05, 0.1) is 12.1 Å². The van der Waals surface area contributed by atoms with Crippen LogP contribution in [0.3, 0.4) is 0 Å². The Bertz CT molecular complexity index is 1020. The van der Waals surface area contributed by atoms with Crippen molar-refractivity contribution in [1.82, 2.24) is 4.57 Å². The molecule has 0 bridgehead atoms. The first-order valence-electron chi connectivity index (χ1n) is 8.57. The maximum absolute atomic E-state index is 12.6. The zero-order valence-electron chi connectivity index (χ0n) is 15.2. The molecule has 4 nitrogen and oxygen atoms in total. The van der Waals surface area contributed by atoms with Crippen LogP contribution in [-0.2, 0) is 6.54 Å². The summed E-state index contributed by atoms with van der Waals surface area (Å²) in [7, 11) is 0. The van der Waals surface area contributed by atoms with E-state index in [-0.39, 0.29) is 11.5 Å². The lowest BCUT2D eigenvalue weighted by atomic mass is 10.1. The van der Waals surface area contributed by atoms with Crippen molar-refractivity contribution in [1.29, 1.82) is 0 Å². The van der Waals surface area contributed by atoms with Gasteiger partial charge >= 0.3 is 0 Å². The lowest BCUT2D eigenvalue weighted by Gasteiger charge is -2.11. The maximum atomic E-state index is 12.6. The lowest BCUT2D eigenvalue weighted by molar-refractivity contribution is 0.102. The van der Waals surface area contributed by atoms with E-state index < -0.39 is 0 Å². The summed E-state index contributed by atoms with van der Waals surface area (Å²) in [6.45, 7) is 6.42. The molecule has 0 saturated heterocycles. The molecule has 0 saturated carbocycles. The van der Waals surface area contributed by atoms with Crippen molar-refractivity contribution >= 4 is 11.6 Å². The number of aromatic nitrogens is 1. The van der Waals surface area contributed by atoms with Crippen molar-refractivity contribution < 1.29 is 4.79 Å². The highest BCUT2D eigenvalue weighted by molar-refractivity contribution is 6.04. The number of carbonyl (C=O) groups is 1. The standard InChI is InChI=1S/C22H22N2O2/c1-15-5-4-6-18(12-15)13-24-14-19(8-10-21(24)25)22(26)23-20-9-7-16(2)11-17(20)3/h4-12,14H,13H2,1-3H3,(H,23,26). The number of aryl methyl sites for hydroxylation is 3. The Hall–Kier alpha value is -3.14. The Labute approximate surface area is 153 Å². The van der Waals surface area contributed by atoms with E-state index in [0.29, 0.717) is 12.1 Å². The molecule has 1 amide bonds. The van der Waals surface area contributed by atoms with Crippen LogP contribution < -0.4 is 10.9 Å². The SMILES string of the molecule is Cc1cccc(Cn2cc(C(=O)Nc3ccc(C)cc3C)ccc2=O)c1. The van der Waals surface area contributed by atoms with E-state index in [1.807, 2.05) is 63.2 Å². The highest BCUT2D eigenvalue weighted by Gasteiger charge is 2.10. The van der Waals surface area contributed by atoms with Crippen LogP contribution in [0.2, 0.25) is 0 Å². The number of hydrogen-bond donors (Lipinski definition) is 1. The monoisotopic (exact) mass is 346 g/mol. The predicted molar refractivity (Wildman–Crippen MR) is 105 cm³/mol. The quantitative estimate of drug-likeness (QED) is 0.774. The molecule has 4 heteroatoms. The third-order valence-electron chi connectivity index (χ3n) is 4.31. The number of pyridine rings is 1. The smallest absolute Gasteiger partial charge is 0.257 e. The number of nitrogens with zero attached hydrogens (tertiary/aromatic N) is 1. The largest absolute Gasteiger partial charge is 0.322 e. The van der Waals surface area contributed by atoms with E-state index in [9.17, 15) is 9.59 Å². The van der Waals surface area contributed by atoms with Gasteiger partial charge in [-0.3, -0.25) is 9.59 Å². The Morgan fingerprint density at radius 3 is 2.46 bits per heavy atom. The minimum atomic E-state index is -0.227. The average molecular weight is 346 g/mol. The molecule has 0 aliphatic rings. The summed E-state index contributed by atoms with van der Waals surface area (Å²) >= 11 is 0. The van der Waals surface area contributed by atoms with Crippen LogP contribution in [-0.4, -0.2) is 10.5 Å². The van der Waals surface area contributed by atoms with Gasteiger partial charge in [0.2, 0.25) is 0 Å². The van der Waals surface area contributed by atoms with Gasteiger partial charge in [-0.15, -0.1) is 0 Å². The van der Waals surface area contributed by atoms with Gasteiger partial charge in [-0.1, -0.05) is 47.5 Å². The second-order valence-corrected chi connectivity index (χ2v) is 6.65. The number of benzene rings is 2. The van der Waals surface area contributed by atoms with Crippen LogP contribution in [0.1, 0.15) is 32.6 Å². The number of nitrogens with one attached hydrogen (secondary N) is 1. The van der Waals surface area contributed by atoms with Crippen LogP contribution in [0, 0.1) is 20.8 Å². The van der Waals surface area contributed by atoms with Crippen molar-refractivity contribution in [2.75, 3.05) is 5.32 Å². The molecule has 1 aromatic heterocycles. The molecule has 2 aromatic carbocycles. The van der Waals surface area contributed by atoms with Crippen LogP contribution in [0.15, 0.2) is 65.6 Å². The van der Waals surface area contributed by atoms with Crippen molar-refractivity contribution in [2.45, 2.75) is 27.3 Å². The first kappa shape index (κ1) is 17.7. The topological polar surface area (TPSA) is 51.1 Å². The Balaban J connectivity index is 1.84. The third-order valence-corrected chi connectivity index (χ3v) is 4.31. The highest BCUT2D eigenvalue weighted by atomic mass is 16.2. The number of rotatable bonds is 4. The van der Waals surface area contributed by atoms with Crippen LogP contribution in [0.5, 0.6) is 0 Å². The molecule has 0 unspecified atom stereocenters. The fraction of sp³-hybridized carbons (Fsp3) is 0.182. The van der Waals surface area contributed by atoms with Crippen LogP contribution >= 0.6 is 0 Å². The molecule has 0 radical (unpaired) electrons. The minimum absolute atomic E-state index is 0.130. The van der Waals surface area contributed by atoms with Crippen LogP contribution in [0.25, 0.3) is 0 Å². The minimum Gasteiger partial charge on any atom is -0.322 e. The number of anilines is 1. The van der Waals surface area contributed by atoms with Gasteiger partial charge in [0.25, 0.3) is 11.5 Å². The zero-order valence-corrected chi connectivity index (χ0v) is 15.2.